The molecule has 1 unspecified atom stereocenters. The average Bonchev–Trinajstić information content (AvgIpc) is 3.57. The van der Waals surface area contributed by atoms with Crippen LogP contribution in [-0.2, 0) is 35.6 Å². The van der Waals surface area contributed by atoms with Gasteiger partial charge in [0, 0.05) is 28.5 Å². The lowest BCUT2D eigenvalue weighted by atomic mass is 10.1. The molecule has 40 heavy (non-hydrogen) atoms. The number of quaternary nitrogens is 1. The van der Waals surface area contributed by atoms with Crippen LogP contribution in [0.25, 0.3) is 10.9 Å². The van der Waals surface area contributed by atoms with Crippen molar-refractivity contribution in [3.8, 4) is 0 Å². The number of benzene rings is 2. The molecule has 0 aliphatic carbocycles. The summed E-state index contributed by atoms with van der Waals surface area (Å²) in [5, 5.41) is 19.1. The number of fused-ring (bicyclic) bond motifs is 1. The number of H-pyrrole nitrogens is 1. The van der Waals surface area contributed by atoms with Gasteiger partial charge in [0.1, 0.15) is 13.1 Å². The summed E-state index contributed by atoms with van der Waals surface area (Å²) in [7, 11) is -2.52. The molecule has 2 aliphatic rings. The van der Waals surface area contributed by atoms with Crippen molar-refractivity contribution in [1.82, 2.24) is 15.3 Å². The Bertz CT molecular complexity index is 1570. The van der Waals surface area contributed by atoms with E-state index in [9.17, 15) is 23.1 Å². The summed E-state index contributed by atoms with van der Waals surface area (Å²) in [6, 6.07) is 12.1. The number of halogens is 1. The maximum atomic E-state index is 14.2. The number of hydrogen-bond donors (Lipinski definition) is 3. The normalized spacial score (nSPS) is 22.1. The quantitative estimate of drug-likeness (QED) is 0.194. The highest BCUT2D eigenvalue weighted by Crippen LogP contribution is 2.32. The Balaban J connectivity index is 1.48. The molecular formula is C26H29ClN5O7S+. The van der Waals surface area contributed by atoms with Gasteiger partial charge in [-0.25, -0.2) is 4.79 Å². The molecule has 3 heterocycles. The second kappa shape index (κ2) is 11.2. The van der Waals surface area contributed by atoms with Crippen LogP contribution < -0.4 is 5.32 Å². The standard InChI is InChI=1S/C26H28ClN5O7S/c1-31(13-25-38-7-8-39-25)28-12-17-3-2-4-18(9-17)14-32(15-22(26(34)35)29-23(33)16-32)40(36,37)24-11-19-10-20(27)5-6-21(19)30-24/h2-6,9-12,22,25,30H,7-8,13-16H2,1H3,(H-,29,33,34,35)/p+1/t22-,32?/m1/s1. The highest BCUT2D eigenvalue weighted by molar-refractivity contribution is 7.85. The minimum atomic E-state index is -4.30. The van der Waals surface area contributed by atoms with E-state index in [4.69, 9.17) is 21.1 Å². The van der Waals surface area contributed by atoms with Crippen LogP contribution in [0.1, 0.15) is 11.1 Å². The number of carbonyl (C=O) groups excluding carboxylic acids is 1. The molecule has 2 atom stereocenters. The Morgan fingerprint density at radius 1 is 1.23 bits per heavy atom. The maximum Gasteiger partial charge on any atom is 0.343 e. The van der Waals surface area contributed by atoms with Crippen molar-refractivity contribution < 1.29 is 36.5 Å². The molecule has 2 aromatic carbocycles. The van der Waals surface area contributed by atoms with Gasteiger partial charge in [0.15, 0.2) is 23.9 Å². The Kier molecular flexibility index (Phi) is 7.84. The molecule has 2 saturated heterocycles. The third kappa shape index (κ3) is 5.83. The minimum absolute atomic E-state index is 0.126. The number of piperazine rings is 1. The maximum absolute atomic E-state index is 14.2. The molecular weight excluding hydrogens is 562 g/mol. The number of carbonyl (C=O) groups is 2. The van der Waals surface area contributed by atoms with Crippen LogP contribution in [0.5, 0.6) is 0 Å². The zero-order valence-corrected chi connectivity index (χ0v) is 23.2. The smallest absolute Gasteiger partial charge is 0.343 e. The van der Waals surface area contributed by atoms with E-state index in [0.29, 0.717) is 46.8 Å². The third-order valence-electron chi connectivity index (χ3n) is 6.86. The van der Waals surface area contributed by atoms with Gasteiger partial charge >= 0.3 is 16.0 Å². The summed E-state index contributed by atoms with van der Waals surface area (Å²) in [5.41, 5.74) is 1.84. The molecule has 0 radical (unpaired) electrons. The van der Waals surface area contributed by atoms with Crippen molar-refractivity contribution in [1.29, 1.82) is 0 Å². The molecule has 0 bridgehead atoms. The Labute approximate surface area is 235 Å². The van der Waals surface area contributed by atoms with E-state index in [1.54, 1.807) is 54.7 Å². The van der Waals surface area contributed by atoms with Gasteiger partial charge in [0.25, 0.3) is 5.91 Å². The molecule has 0 saturated carbocycles. The third-order valence-corrected chi connectivity index (χ3v) is 9.29. The first kappa shape index (κ1) is 28.1. The van der Waals surface area contributed by atoms with Crippen molar-refractivity contribution in [3.63, 3.8) is 0 Å². The van der Waals surface area contributed by atoms with Crippen molar-refractivity contribution in [2.24, 2.45) is 5.10 Å². The number of nitrogens with one attached hydrogen (secondary N) is 2. The first-order valence-corrected chi connectivity index (χ1v) is 14.4. The number of rotatable bonds is 9. The van der Waals surface area contributed by atoms with Crippen LogP contribution in [0.15, 0.2) is 58.7 Å². The number of carboxylic acid groups (broad SMARTS) is 1. The molecule has 12 nitrogen and oxygen atoms in total. The fraction of sp³-hybridized carbons (Fsp3) is 0.346. The number of aromatic nitrogens is 1. The predicted molar refractivity (Wildman–Crippen MR) is 146 cm³/mol. The fourth-order valence-corrected chi connectivity index (χ4v) is 7.01. The molecule has 3 aromatic rings. The van der Waals surface area contributed by atoms with Gasteiger partial charge in [-0.3, -0.25) is 9.80 Å². The molecule has 1 aromatic heterocycles. The number of likely N-dealkylation sites (N-methyl/N-ethyl adjacent to an activating group) is 1. The first-order valence-electron chi connectivity index (χ1n) is 12.5. The number of hydrazone groups is 1. The van der Waals surface area contributed by atoms with Crippen molar-refractivity contribution in [2.75, 3.05) is 39.9 Å². The molecule has 3 N–H and O–H groups in total. The zero-order chi connectivity index (χ0) is 28.5. The number of aromatic amines is 1. The van der Waals surface area contributed by atoms with E-state index < -0.39 is 38.4 Å². The summed E-state index contributed by atoms with van der Waals surface area (Å²) in [6.07, 6.45) is 1.28. The minimum Gasteiger partial charge on any atom is -0.480 e. The monoisotopic (exact) mass is 590 g/mol. The van der Waals surface area contributed by atoms with Gasteiger partial charge < -0.3 is 24.9 Å². The van der Waals surface area contributed by atoms with E-state index in [-0.39, 0.29) is 24.4 Å². The molecule has 2 aliphatic heterocycles. The lowest BCUT2D eigenvalue weighted by Crippen LogP contribution is -2.68. The van der Waals surface area contributed by atoms with E-state index in [1.165, 1.54) is 6.07 Å². The topological polar surface area (TPSA) is 150 Å². The molecule has 5 rings (SSSR count). The number of ether oxygens (including phenoxy) is 2. The van der Waals surface area contributed by atoms with Crippen LogP contribution in [0.3, 0.4) is 0 Å². The van der Waals surface area contributed by atoms with Crippen LogP contribution >= 0.6 is 11.6 Å². The highest BCUT2D eigenvalue weighted by Gasteiger charge is 2.52. The van der Waals surface area contributed by atoms with Crippen molar-refractivity contribution in [2.45, 2.75) is 23.9 Å². The Morgan fingerprint density at radius 2 is 2.00 bits per heavy atom. The number of hydrogen-bond acceptors (Lipinski definition) is 8. The van der Waals surface area contributed by atoms with E-state index in [0.717, 1.165) is 0 Å². The summed E-state index contributed by atoms with van der Waals surface area (Å²) in [6.45, 7) is 0.569. The lowest BCUT2D eigenvalue weighted by Gasteiger charge is -2.40. The number of aliphatic carboxylic acids is 1. The second-order valence-corrected chi connectivity index (χ2v) is 12.5. The van der Waals surface area contributed by atoms with Gasteiger partial charge in [0.05, 0.1) is 26.0 Å². The van der Waals surface area contributed by atoms with Gasteiger partial charge in [-0.15, -0.1) is 0 Å². The largest absolute Gasteiger partial charge is 0.480 e. The summed E-state index contributed by atoms with van der Waals surface area (Å²) >= 11 is 6.09. The molecule has 212 valence electrons. The molecule has 0 spiro atoms. The van der Waals surface area contributed by atoms with Crippen LogP contribution in [0.4, 0.5) is 0 Å². The Hall–Kier alpha value is -3.49. The molecule has 2 fully saturated rings. The van der Waals surface area contributed by atoms with E-state index in [1.807, 2.05) is 6.07 Å². The summed E-state index contributed by atoms with van der Waals surface area (Å²) in [4.78, 5) is 27.6. The van der Waals surface area contributed by atoms with Gasteiger partial charge in [0.2, 0.25) is 0 Å². The lowest BCUT2D eigenvalue weighted by molar-refractivity contribution is -0.816. The van der Waals surface area contributed by atoms with Crippen LogP contribution in [-0.4, -0.2) is 97.7 Å². The summed E-state index contributed by atoms with van der Waals surface area (Å²) in [5.74, 6) is -1.98. The van der Waals surface area contributed by atoms with Crippen LogP contribution in [0.2, 0.25) is 5.02 Å². The SMILES string of the molecule is CN(CC1OCCO1)N=Cc1cccc(C[N+]2(S(=O)(=O)c3cc4cc(Cl)ccc4[nH]3)CC(=O)N[C@@H](C(=O)O)C2)c1. The van der Waals surface area contributed by atoms with Gasteiger partial charge in [-0.05, 0) is 35.9 Å². The average molecular weight is 591 g/mol. The summed E-state index contributed by atoms with van der Waals surface area (Å²) < 4.78 is 38.5. The number of amides is 1. The van der Waals surface area contributed by atoms with Crippen molar-refractivity contribution >= 4 is 50.6 Å². The number of sulfonamides is 1. The van der Waals surface area contributed by atoms with Gasteiger partial charge in [-0.2, -0.15) is 17.4 Å². The fourth-order valence-electron chi connectivity index (χ4n) is 4.94. The number of carboxylic acids is 1. The highest BCUT2D eigenvalue weighted by atomic mass is 35.5. The van der Waals surface area contributed by atoms with E-state index >= 15 is 0 Å². The van der Waals surface area contributed by atoms with Crippen LogP contribution in [0, 0.1) is 0 Å². The van der Waals surface area contributed by atoms with E-state index in [2.05, 4.69) is 15.4 Å². The Morgan fingerprint density at radius 3 is 2.75 bits per heavy atom. The second-order valence-electron chi connectivity index (χ2n) is 9.86. The predicted octanol–water partition coefficient (Wildman–Crippen LogP) is 1.75. The van der Waals surface area contributed by atoms with Crippen molar-refractivity contribution in [3.05, 3.63) is 64.7 Å². The molecule has 1 amide bonds. The zero-order valence-electron chi connectivity index (χ0n) is 21.6. The molecule has 14 heteroatoms. The first-order chi connectivity index (χ1) is 19.0. The number of nitrogens with zero attached hydrogens (tertiary/aromatic N) is 3. The van der Waals surface area contributed by atoms with Gasteiger partial charge in [-0.1, -0.05) is 29.8 Å².